The van der Waals surface area contributed by atoms with Crippen molar-refractivity contribution in [2.75, 3.05) is 18.5 Å². The molecule has 0 radical (unpaired) electrons. The molecule has 1 saturated heterocycles. The van der Waals surface area contributed by atoms with Crippen LogP contribution >= 0.6 is 0 Å². The minimum atomic E-state index is -1.53. The van der Waals surface area contributed by atoms with E-state index in [-0.39, 0.29) is 49.7 Å². The van der Waals surface area contributed by atoms with Crippen LogP contribution in [-0.2, 0) is 4.74 Å². The average molecular weight is 559 g/mol. The van der Waals surface area contributed by atoms with Gasteiger partial charge in [0.1, 0.15) is 11.7 Å². The molecule has 40 heavy (non-hydrogen) atoms. The van der Waals surface area contributed by atoms with Crippen molar-refractivity contribution < 1.29 is 47.2 Å². The lowest BCUT2D eigenvalue weighted by molar-refractivity contribution is -0.109. The highest BCUT2D eigenvalue weighted by atomic mass is 19.2. The van der Waals surface area contributed by atoms with E-state index in [9.17, 15) is 42.5 Å². The molecule has 1 fully saturated rings. The SMILES string of the molecule is CC1C(O)C(Nc2cc(F)c(F)cc2-c2cc3[nH]c4cc(F)c(F)cc4c3c3c2C(=O)NC3=O)OC1(CO)CO. The van der Waals surface area contributed by atoms with Gasteiger partial charge in [0.05, 0.1) is 24.3 Å². The third kappa shape index (κ3) is 3.62. The molecule has 6 N–H and O–H groups in total. The summed E-state index contributed by atoms with van der Waals surface area (Å²) in [5, 5.41) is 35.5. The van der Waals surface area contributed by atoms with Crippen LogP contribution in [0.2, 0.25) is 0 Å². The van der Waals surface area contributed by atoms with Gasteiger partial charge in [-0.1, -0.05) is 6.92 Å². The molecule has 208 valence electrons. The summed E-state index contributed by atoms with van der Waals surface area (Å²) in [5.74, 6) is -7.34. The molecule has 2 aliphatic heterocycles. The van der Waals surface area contributed by atoms with Crippen LogP contribution in [0.1, 0.15) is 27.6 Å². The third-order valence-electron chi connectivity index (χ3n) is 7.81. The first-order valence-electron chi connectivity index (χ1n) is 12.2. The van der Waals surface area contributed by atoms with Crippen LogP contribution in [0.3, 0.4) is 0 Å². The second-order valence-electron chi connectivity index (χ2n) is 9.97. The largest absolute Gasteiger partial charge is 0.393 e. The molecule has 3 unspecified atom stereocenters. The van der Waals surface area contributed by atoms with Gasteiger partial charge in [-0.3, -0.25) is 14.9 Å². The van der Waals surface area contributed by atoms with E-state index >= 15 is 0 Å². The quantitative estimate of drug-likeness (QED) is 0.163. The average Bonchev–Trinajstić information content (AvgIpc) is 3.50. The van der Waals surface area contributed by atoms with Gasteiger partial charge >= 0.3 is 0 Å². The van der Waals surface area contributed by atoms with Crippen LogP contribution in [0.15, 0.2) is 30.3 Å². The normalized spacial score (nSPS) is 21.9. The van der Waals surface area contributed by atoms with E-state index < -0.39 is 72.1 Å². The molecule has 0 spiro atoms. The molecule has 3 heterocycles. The smallest absolute Gasteiger partial charge is 0.259 e. The number of ether oxygens (including phenoxy) is 1. The van der Waals surface area contributed by atoms with Crippen LogP contribution in [-0.4, -0.2) is 63.3 Å². The monoisotopic (exact) mass is 559 g/mol. The summed E-state index contributed by atoms with van der Waals surface area (Å²) in [5.41, 5.74) is -1.89. The van der Waals surface area contributed by atoms with E-state index in [0.29, 0.717) is 0 Å². The Bertz CT molecular complexity index is 1750. The molecule has 6 rings (SSSR count). The zero-order valence-corrected chi connectivity index (χ0v) is 20.6. The second-order valence-corrected chi connectivity index (χ2v) is 9.97. The molecule has 13 heteroatoms. The fourth-order valence-electron chi connectivity index (χ4n) is 5.54. The van der Waals surface area contributed by atoms with E-state index in [0.717, 1.165) is 24.3 Å². The van der Waals surface area contributed by atoms with E-state index in [1.165, 1.54) is 13.0 Å². The second kappa shape index (κ2) is 8.99. The number of aromatic nitrogens is 1. The Morgan fingerprint density at radius 2 is 1.50 bits per heavy atom. The highest BCUT2D eigenvalue weighted by Crippen LogP contribution is 2.43. The number of carbonyl (C=O) groups excluding carboxylic acids is 2. The lowest BCUT2D eigenvalue weighted by Gasteiger charge is -2.28. The number of hydrogen-bond acceptors (Lipinski definition) is 7. The fourth-order valence-corrected chi connectivity index (χ4v) is 5.54. The van der Waals surface area contributed by atoms with Crippen LogP contribution in [0.25, 0.3) is 32.9 Å². The van der Waals surface area contributed by atoms with Crippen LogP contribution in [0.5, 0.6) is 0 Å². The number of anilines is 1. The Morgan fingerprint density at radius 3 is 2.17 bits per heavy atom. The highest BCUT2D eigenvalue weighted by molar-refractivity contribution is 6.32. The summed E-state index contributed by atoms with van der Waals surface area (Å²) in [6.45, 7) is 0.250. The molecule has 0 saturated carbocycles. The fraction of sp³-hybridized carbons (Fsp3) is 0.259. The van der Waals surface area contributed by atoms with Crippen molar-refractivity contribution in [3.63, 3.8) is 0 Å². The summed E-state index contributed by atoms with van der Waals surface area (Å²) >= 11 is 0. The first-order chi connectivity index (χ1) is 19.0. The Balaban J connectivity index is 1.58. The topological polar surface area (TPSA) is 144 Å². The van der Waals surface area contributed by atoms with Crippen molar-refractivity contribution in [1.29, 1.82) is 0 Å². The minimum Gasteiger partial charge on any atom is -0.393 e. The first kappa shape index (κ1) is 26.2. The predicted octanol–water partition coefficient (Wildman–Crippen LogP) is 2.92. The van der Waals surface area contributed by atoms with Crippen molar-refractivity contribution in [2.45, 2.75) is 24.9 Å². The minimum absolute atomic E-state index is 0.0316. The van der Waals surface area contributed by atoms with Crippen LogP contribution < -0.4 is 10.6 Å². The summed E-state index contributed by atoms with van der Waals surface area (Å²) in [7, 11) is 0. The Kier molecular flexibility index (Phi) is 5.89. The molecule has 0 bridgehead atoms. The van der Waals surface area contributed by atoms with Gasteiger partial charge in [0.25, 0.3) is 11.8 Å². The van der Waals surface area contributed by atoms with Crippen molar-refractivity contribution >= 4 is 39.3 Å². The molecule has 9 nitrogen and oxygen atoms in total. The van der Waals surface area contributed by atoms with Crippen LogP contribution in [0.4, 0.5) is 23.2 Å². The Morgan fingerprint density at radius 1 is 0.875 bits per heavy atom. The van der Waals surface area contributed by atoms with E-state index in [2.05, 4.69) is 15.6 Å². The van der Waals surface area contributed by atoms with Gasteiger partial charge in [0.15, 0.2) is 29.5 Å². The molecular weight excluding hydrogens is 538 g/mol. The number of carbonyl (C=O) groups is 2. The Labute approximate surface area is 222 Å². The lowest BCUT2D eigenvalue weighted by Crippen LogP contribution is -2.44. The number of aliphatic hydroxyl groups is 3. The number of imide groups is 1. The molecule has 0 aliphatic carbocycles. The van der Waals surface area contributed by atoms with Gasteiger partial charge in [0, 0.05) is 51.1 Å². The van der Waals surface area contributed by atoms with E-state index in [1.54, 1.807) is 0 Å². The molecule has 2 amide bonds. The van der Waals surface area contributed by atoms with Gasteiger partial charge in [0.2, 0.25) is 0 Å². The number of hydrogen-bond donors (Lipinski definition) is 6. The number of nitrogens with one attached hydrogen (secondary N) is 3. The number of H-pyrrole nitrogens is 1. The summed E-state index contributed by atoms with van der Waals surface area (Å²) in [6, 6.07) is 4.70. The first-order valence-corrected chi connectivity index (χ1v) is 12.2. The number of halogens is 4. The Hall–Kier alpha value is -4.04. The van der Waals surface area contributed by atoms with E-state index in [4.69, 9.17) is 4.74 Å². The number of aliphatic hydroxyl groups excluding tert-OH is 3. The van der Waals surface area contributed by atoms with Gasteiger partial charge in [-0.25, -0.2) is 17.6 Å². The van der Waals surface area contributed by atoms with Crippen molar-refractivity contribution in [2.24, 2.45) is 5.92 Å². The van der Waals surface area contributed by atoms with Crippen molar-refractivity contribution in [1.82, 2.24) is 10.3 Å². The highest BCUT2D eigenvalue weighted by Gasteiger charge is 2.52. The number of fused-ring (bicyclic) bond motifs is 5. The predicted molar refractivity (Wildman–Crippen MR) is 133 cm³/mol. The van der Waals surface area contributed by atoms with Crippen LogP contribution in [0, 0.1) is 29.2 Å². The zero-order chi connectivity index (χ0) is 28.7. The van der Waals surface area contributed by atoms with Gasteiger partial charge in [-0.15, -0.1) is 0 Å². The zero-order valence-electron chi connectivity index (χ0n) is 20.6. The lowest BCUT2D eigenvalue weighted by atomic mass is 9.88. The number of rotatable bonds is 5. The maximum atomic E-state index is 14.6. The molecule has 2 aliphatic rings. The molecule has 1 aromatic heterocycles. The standard InChI is InChI=1S/C27H21F4N3O6/c1-9-23(37)26(40-27(9,7-35)8-36)33-17-5-15(30)13(28)2-10(17)11-4-19-20(22-21(11)24(38)34-25(22)39)12-3-14(29)16(31)6-18(12)32-19/h2-6,9,23,26,32-33,35-37H,7-8H2,1H3,(H,34,38,39). The van der Waals surface area contributed by atoms with Gasteiger partial charge < -0.3 is 30.4 Å². The maximum absolute atomic E-state index is 14.6. The van der Waals surface area contributed by atoms with Crippen molar-refractivity contribution in [3.8, 4) is 11.1 Å². The van der Waals surface area contributed by atoms with Gasteiger partial charge in [-0.2, -0.15) is 0 Å². The van der Waals surface area contributed by atoms with E-state index in [1.807, 2.05) is 0 Å². The molecule has 3 aromatic carbocycles. The molecule has 4 aromatic rings. The van der Waals surface area contributed by atoms with Gasteiger partial charge in [-0.05, 0) is 23.8 Å². The number of amides is 2. The molecular formula is C27H21F4N3O6. The summed E-state index contributed by atoms with van der Waals surface area (Å²) < 4.78 is 62.9. The maximum Gasteiger partial charge on any atom is 0.259 e. The summed E-state index contributed by atoms with van der Waals surface area (Å²) in [6.07, 6.45) is -2.61. The number of aromatic amines is 1. The molecule has 3 atom stereocenters. The third-order valence-corrected chi connectivity index (χ3v) is 7.81. The number of benzene rings is 3. The van der Waals surface area contributed by atoms with Crippen molar-refractivity contribution in [3.05, 3.63) is 64.7 Å². The summed E-state index contributed by atoms with van der Waals surface area (Å²) in [4.78, 5) is 28.8.